The molecule has 56 valence electrons. The monoisotopic (exact) mass is 140 g/mol. The van der Waals surface area contributed by atoms with E-state index in [2.05, 4.69) is 6.58 Å². The third kappa shape index (κ3) is 1.59. The van der Waals surface area contributed by atoms with Crippen LogP contribution in [0.4, 0.5) is 0 Å². The van der Waals surface area contributed by atoms with E-state index in [1.807, 2.05) is 0 Å². The molecule has 1 atom stereocenters. The number of hydrogen-bond acceptors (Lipinski definition) is 2. The van der Waals surface area contributed by atoms with Gasteiger partial charge in [0.15, 0.2) is 0 Å². The van der Waals surface area contributed by atoms with Gasteiger partial charge < -0.3 is 4.74 Å². The molecule has 1 aliphatic heterocycles. The van der Waals surface area contributed by atoms with Crippen molar-refractivity contribution in [2.24, 2.45) is 5.92 Å². The van der Waals surface area contributed by atoms with Gasteiger partial charge in [-0.25, -0.2) is 0 Å². The van der Waals surface area contributed by atoms with E-state index in [9.17, 15) is 4.79 Å². The summed E-state index contributed by atoms with van der Waals surface area (Å²) >= 11 is 0. The number of carbonyl (C=O) groups is 1. The highest BCUT2D eigenvalue weighted by Gasteiger charge is 2.21. The van der Waals surface area contributed by atoms with Crippen LogP contribution in [0.15, 0.2) is 12.7 Å². The molecule has 1 heterocycles. The van der Waals surface area contributed by atoms with Crippen LogP contribution in [-0.4, -0.2) is 12.6 Å². The van der Waals surface area contributed by atoms with Gasteiger partial charge in [0.25, 0.3) is 0 Å². The van der Waals surface area contributed by atoms with Gasteiger partial charge in [0.1, 0.15) is 0 Å². The molecule has 0 saturated carbocycles. The van der Waals surface area contributed by atoms with Crippen molar-refractivity contribution in [2.75, 3.05) is 6.61 Å². The average molecular weight is 140 g/mol. The first-order valence-corrected chi connectivity index (χ1v) is 3.62. The molecule has 0 aliphatic carbocycles. The number of esters is 1. The van der Waals surface area contributed by atoms with Crippen LogP contribution in [0.25, 0.3) is 0 Å². The van der Waals surface area contributed by atoms with Gasteiger partial charge in [-0.3, -0.25) is 4.79 Å². The number of carbonyl (C=O) groups excluding carboxylic acids is 1. The van der Waals surface area contributed by atoms with E-state index < -0.39 is 0 Å². The lowest BCUT2D eigenvalue weighted by Gasteiger charge is -2.18. The number of cyclic esters (lactones) is 1. The van der Waals surface area contributed by atoms with E-state index in [1.165, 1.54) is 0 Å². The summed E-state index contributed by atoms with van der Waals surface area (Å²) in [4.78, 5) is 10.9. The van der Waals surface area contributed by atoms with Crippen molar-refractivity contribution in [2.45, 2.75) is 19.3 Å². The summed E-state index contributed by atoms with van der Waals surface area (Å²) in [7, 11) is 0. The highest BCUT2D eigenvalue weighted by Crippen LogP contribution is 2.18. The second kappa shape index (κ2) is 3.40. The van der Waals surface area contributed by atoms with Crippen molar-refractivity contribution >= 4 is 5.97 Å². The molecule has 0 bridgehead atoms. The summed E-state index contributed by atoms with van der Waals surface area (Å²) < 4.78 is 4.86. The van der Waals surface area contributed by atoms with Crippen LogP contribution in [0.3, 0.4) is 0 Å². The van der Waals surface area contributed by atoms with Crippen molar-refractivity contribution in [1.82, 2.24) is 0 Å². The van der Waals surface area contributed by atoms with Crippen molar-refractivity contribution in [1.29, 1.82) is 0 Å². The van der Waals surface area contributed by atoms with Crippen LogP contribution in [-0.2, 0) is 9.53 Å². The Hall–Kier alpha value is -0.790. The molecule has 1 saturated heterocycles. The molecular weight excluding hydrogens is 128 g/mol. The maximum absolute atomic E-state index is 10.9. The predicted octanol–water partition coefficient (Wildman–Crippen LogP) is 1.52. The summed E-state index contributed by atoms with van der Waals surface area (Å²) in [6, 6.07) is 0. The lowest BCUT2D eigenvalue weighted by atomic mass is 9.98. The normalized spacial score (nSPS) is 25.6. The molecule has 1 rings (SSSR count). The quantitative estimate of drug-likeness (QED) is 0.429. The van der Waals surface area contributed by atoms with E-state index >= 15 is 0 Å². The van der Waals surface area contributed by atoms with Crippen LogP contribution >= 0.6 is 0 Å². The second-order valence-electron chi connectivity index (χ2n) is 2.53. The maximum atomic E-state index is 10.9. The molecule has 2 nitrogen and oxygen atoms in total. The summed E-state index contributed by atoms with van der Waals surface area (Å²) in [5.41, 5.74) is 0. The smallest absolute Gasteiger partial charge is 0.309 e. The van der Waals surface area contributed by atoms with Crippen molar-refractivity contribution in [3.05, 3.63) is 12.7 Å². The van der Waals surface area contributed by atoms with Gasteiger partial charge in [-0.1, -0.05) is 6.08 Å². The molecule has 10 heavy (non-hydrogen) atoms. The minimum atomic E-state index is -0.0499. The zero-order valence-electron chi connectivity index (χ0n) is 6.01. The summed E-state index contributed by atoms with van der Waals surface area (Å²) in [6.45, 7) is 4.19. The average Bonchev–Trinajstić information content (AvgIpc) is 1.94. The van der Waals surface area contributed by atoms with Crippen molar-refractivity contribution in [3.8, 4) is 0 Å². The SMILES string of the molecule is C=CC[C@H]1CCCOC1=O. The van der Waals surface area contributed by atoms with Gasteiger partial charge in [0, 0.05) is 0 Å². The Morgan fingerprint density at radius 2 is 2.60 bits per heavy atom. The molecule has 0 aromatic rings. The highest BCUT2D eigenvalue weighted by molar-refractivity contribution is 5.73. The van der Waals surface area contributed by atoms with Crippen LogP contribution in [0.5, 0.6) is 0 Å². The fraction of sp³-hybridized carbons (Fsp3) is 0.625. The largest absolute Gasteiger partial charge is 0.465 e. The van der Waals surface area contributed by atoms with Crippen molar-refractivity contribution < 1.29 is 9.53 Å². The summed E-state index contributed by atoms with van der Waals surface area (Å²) in [5, 5.41) is 0. The third-order valence-electron chi connectivity index (χ3n) is 1.73. The minimum absolute atomic E-state index is 0.0499. The standard InChI is InChI=1S/C8H12O2/c1-2-4-7-5-3-6-10-8(7)9/h2,7H,1,3-6H2/t7-/m0/s1. The van der Waals surface area contributed by atoms with E-state index in [0.717, 1.165) is 19.3 Å². The molecule has 1 fully saturated rings. The Labute approximate surface area is 60.9 Å². The van der Waals surface area contributed by atoms with E-state index in [1.54, 1.807) is 6.08 Å². The fourth-order valence-corrected chi connectivity index (χ4v) is 1.15. The Kier molecular flexibility index (Phi) is 2.49. The van der Waals surface area contributed by atoms with Crippen LogP contribution in [0, 0.1) is 5.92 Å². The summed E-state index contributed by atoms with van der Waals surface area (Å²) in [6.07, 6.45) is 4.51. The topological polar surface area (TPSA) is 26.3 Å². The second-order valence-corrected chi connectivity index (χ2v) is 2.53. The number of ether oxygens (including phenoxy) is 1. The Bertz CT molecular complexity index is 140. The van der Waals surface area contributed by atoms with Crippen LogP contribution < -0.4 is 0 Å². The molecular formula is C8H12O2. The predicted molar refractivity (Wildman–Crippen MR) is 38.5 cm³/mol. The van der Waals surface area contributed by atoms with Gasteiger partial charge in [-0.05, 0) is 19.3 Å². The molecule has 2 heteroatoms. The van der Waals surface area contributed by atoms with Crippen LogP contribution in [0.1, 0.15) is 19.3 Å². The van der Waals surface area contributed by atoms with Gasteiger partial charge in [0.05, 0.1) is 12.5 Å². The number of allylic oxidation sites excluding steroid dienone is 1. The zero-order valence-corrected chi connectivity index (χ0v) is 6.01. The van der Waals surface area contributed by atoms with Gasteiger partial charge in [-0.2, -0.15) is 0 Å². The number of hydrogen-bond donors (Lipinski definition) is 0. The minimum Gasteiger partial charge on any atom is -0.465 e. The fourth-order valence-electron chi connectivity index (χ4n) is 1.15. The van der Waals surface area contributed by atoms with Gasteiger partial charge in [-0.15, -0.1) is 6.58 Å². The Morgan fingerprint density at radius 3 is 3.20 bits per heavy atom. The summed E-state index contributed by atoms with van der Waals surface area (Å²) in [5.74, 6) is 0.0393. The van der Waals surface area contributed by atoms with E-state index in [4.69, 9.17) is 4.74 Å². The Balaban J connectivity index is 2.39. The van der Waals surface area contributed by atoms with Crippen LogP contribution in [0.2, 0.25) is 0 Å². The highest BCUT2D eigenvalue weighted by atomic mass is 16.5. The van der Waals surface area contributed by atoms with E-state index in [0.29, 0.717) is 6.61 Å². The number of rotatable bonds is 2. The molecule has 0 unspecified atom stereocenters. The molecule has 1 aliphatic rings. The molecule has 0 spiro atoms. The molecule has 0 radical (unpaired) electrons. The molecule has 0 aromatic heterocycles. The first-order chi connectivity index (χ1) is 4.84. The zero-order chi connectivity index (χ0) is 7.40. The van der Waals surface area contributed by atoms with Gasteiger partial charge in [0.2, 0.25) is 0 Å². The first kappa shape index (κ1) is 7.32. The van der Waals surface area contributed by atoms with Crippen molar-refractivity contribution in [3.63, 3.8) is 0 Å². The lowest BCUT2D eigenvalue weighted by molar-refractivity contribution is -0.152. The maximum Gasteiger partial charge on any atom is 0.309 e. The first-order valence-electron chi connectivity index (χ1n) is 3.62. The molecule has 0 aromatic carbocycles. The molecule has 0 N–H and O–H groups in total. The lowest BCUT2D eigenvalue weighted by Crippen LogP contribution is -2.23. The molecule has 0 amide bonds. The van der Waals surface area contributed by atoms with Gasteiger partial charge >= 0.3 is 5.97 Å². The third-order valence-corrected chi connectivity index (χ3v) is 1.73. The van der Waals surface area contributed by atoms with E-state index in [-0.39, 0.29) is 11.9 Å². The Morgan fingerprint density at radius 1 is 1.80 bits per heavy atom.